The molecule has 0 fully saturated rings. The first-order chi connectivity index (χ1) is 11.5. The van der Waals surface area contributed by atoms with Crippen LogP contribution in [-0.4, -0.2) is 29.9 Å². The summed E-state index contributed by atoms with van der Waals surface area (Å²) in [6.07, 6.45) is 1.06. The Balaban J connectivity index is 1.75. The SMILES string of the molecule is Cc1ccc(OC(C)C)c(C(=O)CN2CCc3ccccc3C2)c1. The highest BCUT2D eigenvalue weighted by Gasteiger charge is 2.21. The lowest BCUT2D eigenvalue weighted by molar-refractivity contribution is 0.0915. The van der Waals surface area contributed by atoms with E-state index >= 15 is 0 Å². The molecule has 0 aliphatic carbocycles. The van der Waals surface area contributed by atoms with E-state index in [-0.39, 0.29) is 11.9 Å². The van der Waals surface area contributed by atoms with E-state index in [9.17, 15) is 4.79 Å². The first-order valence-corrected chi connectivity index (χ1v) is 8.62. The number of rotatable bonds is 5. The number of hydrogen-bond donors (Lipinski definition) is 0. The number of ether oxygens (including phenoxy) is 1. The van der Waals surface area contributed by atoms with Crippen molar-refractivity contribution < 1.29 is 9.53 Å². The van der Waals surface area contributed by atoms with Gasteiger partial charge in [-0.05, 0) is 50.5 Å². The smallest absolute Gasteiger partial charge is 0.180 e. The van der Waals surface area contributed by atoms with Crippen LogP contribution in [-0.2, 0) is 13.0 Å². The molecule has 0 N–H and O–H groups in total. The van der Waals surface area contributed by atoms with Crippen LogP contribution < -0.4 is 4.74 Å². The van der Waals surface area contributed by atoms with Crippen LogP contribution in [0.15, 0.2) is 42.5 Å². The normalized spacial score (nSPS) is 14.5. The van der Waals surface area contributed by atoms with Crippen molar-refractivity contribution in [3.05, 3.63) is 64.7 Å². The minimum Gasteiger partial charge on any atom is -0.490 e. The number of benzene rings is 2. The van der Waals surface area contributed by atoms with Crippen molar-refractivity contribution in [2.75, 3.05) is 13.1 Å². The molecule has 0 saturated carbocycles. The predicted molar refractivity (Wildman–Crippen MR) is 96.7 cm³/mol. The Bertz CT molecular complexity index is 736. The van der Waals surface area contributed by atoms with Crippen LogP contribution in [0.1, 0.15) is 40.9 Å². The third-order valence-electron chi connectivity index (χ3n) is 4.38. The molecule has 0 spiro atoms. The molecule has 24 heavy (non-hydrogen) atoms. The van der Waals surface area contributed by atoms with Gasteiger partial charge in [0.2, 0.25) is 0 Å². The first kappa shape index (κ1) is 16.7. The van der Waals surface area contributed by atoms with Gasteiger partial charge in [0, 0.05) is 13.1 Å². The van der Waals surface area contributed by atoms with Crippen molar-refractivity contribution >= 4 is 5.78 Å². The van der Waals surface area contributed by atoms with E-state index in [1.165, 1.54) is 11.1 Å². The van der Waals surface area contributed by atoms with Gasteiger partial charge in [0.05, 0.1) is 18.2 Å². The van der Waals surface area contributed by atoms with Gasteiger partial charge < -0.3 is 4.74 Å². The maximum atomic E-state index is 12.9. The summed E-state index contributed by atoms with van der Waals surface area (Å²) in [6, 6.07) is 14.3. The zero-order chi connectivity index (χ0) is 17.1. The largest absolute Gasteiger partial charge is 0.490 e. The van der Waals surface area contributed by atoms with Gasteiger partial charge in [0.1, 0.15) is 5.75 Å². The van der Waals surface area contributed by atoms with Crippen LogP contribution in [0.4, 0.5) is 0 Å². The quantitative estimate of drug-likeness (QED) is 0.778. The highest BCUT2D eigenvalue weighted by atomic mass is 16.5. The first-order valence-electron chi connectivity index (χ1n) is 8.62. The molecule has 2 aromatic rings. The Morgan fingerprint density at radius 2 is 1.92 bits per heavy atom. The number of aryl methyl sites for hydroxylation is 1. The van der Waals surface area contributed by atoms with Gasteiger partial charge in [-0.2, -0.15) is 0 Å². The van der Waals surface area contributed by atoms with Crippen molar-refractivity contribution in [3.63, 3.8) is 0 Å². The number of carbonyl (C=O) groups is 1. The lowest BCUT2D eigenvalue weighted by Crippen LogP contribution is -2.35. The standard InChI is InChI=1S/C21H25NO2/c1-15(2)24-21-9-8-16(3)12-19(21)20(23)14-22-11-10-17-6-4-5-7-18(17)13-22/h4-9,12,15H,10-11,13-14H2,1-3H3. The van der Waals surface area contributed by atoms with E-state index in [4.69, 9.17) is 4.74 Å². The van der Waals surface area contributed by atoms with E-state index in [1.54, 1.807) is 0 Å². The monoisotopic (exact) mass is 323 g/mol. The van der Waals surface area contributed by atoms with E-state index in [2.05, 4.69) is 29.2 Å². The Morgan fingerprint density at radius 3 is 2.67 bits per heavy atom. The van der Waals surface area contributed by atoms with E-state index in [0.29, 0.717) is 17.9 Å². The van der Waals surface area contributed by atoms with Gasteiger partial charge in [-0.15, -0.1) is 0 Å². The van der Waals surface area contributed by atoms with Gasteiger partial charge in [-0.3, -0.25) is 9.69 Å². The number of carbonyl (C=O) groups excluding carboxylic acids is 1. The maximum absolute atomic E-state index is 12.9. The second-order valence-corrected chi connectivity index (χ2v) is 6.82. The minimum absolute atomic E-state index is 0.0566. The number of hydrogen-bond acceptors (Lipinski definition) is 3. The zero-order valence-electron chi connectivity index (χ0n) is 14.7. The Morgan fingerprint density at radius 1 is 1.17 bits per heavy atom. The summed E-state index contributed by atoms with van der Waals surface area (Å²) in [7, 11) is 0. The average Bonchev–Trinajstić information content (AvgIpc) is 2.56. The van der Waals surface area contributed by atoms with Gasteiger partial charge in [0.15, 0.2) is 5.78 Å². The fourth-order valence-electron chi connectivity index (χ4n) is 3.20. The van der Waals surface area contributed by atoms with Crippen LogP contribution >= 0.6 is 0 Å². The lowest BCUT2D eigenvalue weighted by Gasteiger charge is -2.28. The van der Waals surface area contributed by atoms with Crippen LogP contribution in [0.25, 0.3) is 0 Å². The predicted octanol–water partition coefficient (Wildman–Crippen LogP) is 4.02. The summed E-state index contributed by atoms with van der Waals surface area (Å²) in [5.41, 5.74) is 4.51. The Hall–Kier alpha value is -2.13. The van der Waals surface area contributed by atoms with Gasteiger partial charge in [-0.25, -0.2) is 0 Å². The highest BCUT2D eigenvalue weighted by Crippen LogP contribution is 2.24. The Kier molecular flexibility index (Phi) is 5.00. The van der Waals surface area contributed by atoms with E-state index in [1.807, 2.05) is 39.0 Å². The lowest BCUT2D eigenvalue weighted by atomic mass is 9.99. The summed E-state index contributed by atoms with van der Waals surface area (Å²) < 4.78 is 5.83. The topological polar surface area (TPSA) is 29.5 Å². The van der Waals surface area contributed by atoms with Crippen molar-refractivity contribution in [1.29, 1.82) is 0 Å². The van der Waals surface area contributed by atoms with Crippen molar-refractivity contribution in [1.82, 2.24) is 4.90 Å². The number of nitrogens with zero attached hydrogens (tertiary/aromatic N) is 1. The van der Waals surface area contributed by atoms with E-state index < -0.39 is 0 Å². The highest BCUT2D eigenvalue weighted by molar-refractivity contribution is 6.00. The fraction of sp³-hybridized carbons (Fsp3) is 0.381. The minimum atomic E-state index is 0.0566. The number of Topliss-reactive ketones (excluding diaryl/α,β-unsaturated/α-hetero) is 1. The van der Waals surface area contributed by atoms with Crippen molar-refractivity contribution in [2.24, 2.45) is 0 Å². The van der Waals surface area contributed by atoms with E-state index in [0.717, 1.165) is 25.1 Å². The average molecular weight is 323 g/mol. The van der Waals surface area contributed by atoms with Crippen LogP contribution in [0, 0.1) is 6.92 Å². The number of ketones is 1. The molecule has 0 amide bonds. The Labute approximate surface area is 144 Å². The van der Waals surface area contributed by atoms with Gasteiger partial charge >= 0.3 is 0 Å². The molecule has 0 aromatic heterocycles. The molecule has 3 rings (SSSR count). The maximum Gasteiger partial charge on any atom is 0.180 e. The molecule has 0 unspecified atom stereocenters. The molecule has 0 bridgehead atoms. The van der Waals surface area contributed by atoms with Gasteiger partial charge in [0.25, 0.3) is 0 Å². The molecule has 1 aliphatic heterocycles. The van der Waals surface area contributed by atoms with Crippen LogP contribution in [0.5, 0.6) is 5.75 Å². The molecule has 2 aromatic carbocycles. The van der Waals surface area contributed by atoms with Crippen LogP contribution in [0.2, 0.25) is 0 Å². The molecule has 0 radical (unpaired) electrons. The third-order valence-corrected chi connectivity index (χ3v) is 4.38. The molecular formula is C21H25NO2. The molecule has 126 valence electrons. The summed E-state index contributed by atoms with van der Waals surface area (Å²) in [5.74, 6) is 0.826. The summed E-state index contributed by atoms with van der Waals surface area (Å²) in [4.78, 5) is 15.1. The fourth-order valence-corrected chi connectivity index (χ4v) is 3.20. The molecular weight excluding hydrogens is 298 g/mol. The summed E-state index contributed by atoms with van der Waals surface area (Å²) >= 11 is 0. The molecule has 3 nitrogen and oxygen atoms in total. The molecule has 1 heterocycles. The zero-order valence-corrected chi connectivity index (χ0v) is 14.7. The van der Waals surface area contributed by atoms with Crippen molar-refractivity contribution in [3.8, 4) is 5.75 Å². The third kappa shape index (κ3) is 3.85. The second kappa shape index (κ2) is 7.18. The summed E-state index contributed by atoms with van der Waals surface area (Å²) in [6.45, 7) is 8.17. The molecule has 1 aliphatic rings. The second-order valence-electron chi connectivity index (χ2n) is 6.82. The van der Waals surface area contributed by atoms with Gasteiger partial charge in [-0.1, -0.05) is 35.9 Å². The molecule has 0 atom stereocenters. The summed E-state index contributed by atoms with van der Waals surface area (Å²) in [5, 5.41) is 0. The molecule has 0 saturated heterocycles. The number of fused-ring (bicyclic) bond motifs is 1. The van der Waals surface area contributed by atoms with Crippen LogP contribution in [0.3, 0.4) is 0 Å². The molecule has 3 heteroatoms. The van der Waals surface area contributed by atoms with Crippen molar-refractivity contribution in [2.45, 2.75) is 39.8 Å².